The summed E-state index contributed by atoms with van der Waals surface area (Å²) in [6, 6.07) is 16.8. The Kier molecular flexibility index (Phi) is 5.49. The summed E-state index contributed by atoms with van der Waals surface area (Å²) < 4.78 is 0. The first-order valence-corrected chi connectivity index (χ1v) is 8.86. The van der Waals surface area contributed by atoms with Gasteiger partial charge >= 0.3 is 0 Å². The molecule has 2 unspecified atom stereocenters. The van der Waals surface area contributed by atoms with Gasteiger partial charge in [-0.15, -0.1) is 0 Å². The van der Waals surface area contributed by atoms with Gasteiger partial charge in [-0.2, -0.15) is 0 Å². The second-order valence-corrected chi connectivity index (χ2v) is 6.59. The Morgan fingerprint density at radius 1 is 1.08 bits per heavy atom. The molecule has 4 heteroatoms. The Balaban J connectivity index is 1.54. The van der Waals surface area contributed by atoms with E-state index >= 15 is 0 Å². The highest BCUT2D eigenvalue weighted by atomic mass is 16.2. The lowest BCUT2D eigenvalue weighted by Gasteiger charge is -2.26. The molecule has 4 nitrogen and oxygen atoms in total. The van der Waals surface area contributed by atoms with Crippen molar-refractivity contribution in [2.24, 2.45) is 0 Å². The summed E-state index contributed by atoms with van der Waals surface area (Å²) in [5.74, 6) is -0.0236. The Morgan fingerprint density at radius 3 is 2.60 bits per heavy atom. The fraction of sp³-hybridized carbons (Fsp3) is 0.333. The number of hydrogen-bond acceptors (Lipinski definition) is 2. The van der Waals surface area contributed by atoms with Gasteiger partial charge in [-0.3, -0.25) is 9.59 Å². The van der Waals surface area contributed by atoms with Gasteiger partial charge in [0.25, 0.3) is 5.91 Å². The van der Waals surface area contributed by atoms with Crippen molar-refractivity contribution >= 4 is 11.8 Å². The SMILES string of the molecule is CC(NC(=O)c1ccccc1)C(=O)NCC1CCCc2ccccc21. The maximum atomic E-state index is 12.3. The van der Waals surface area contributed by atoms with Gasteiger partial charge in [-0.05, 0) is 49.4 Å². The summed E-state index contributed by atoms with van der Waals surface area (Å²) >= 11 is 0. The lowest BCUT2D eigenvalue weighted by Crippen LogP contribution is -2.45. The zero-order valence-corrected chi connectivity index (χ0v) is 14.5. The molecular weight excluding hydrogens is 312 g/mol. The standard InChI is InChI=1S/C21H24N2O2/c1-15(23-21(25)17-9-3-2-4-10-17)20(24)22-14-18-12-7-11-16-8-5-6-13-19(16)18/h2-6,8-10,13,15,18H,7,11-12,14H2,1H3,(H,22,24)(H,23,25). The van der Waals surface area contributed by atoms with Crippen molar-refractivity contribution < 1.29 is 9.59 Å². The smallest absolute Gasteiger partial charge is 0.251 e. The van der Waals surface area contributed by atoms with Gasteiger partial charge in [0.1, 0.15) is 6.04 Å². The quantitative estimate of drug-likeness (QED) is 0.882. The van der Waals surface area contributed by atoms with E-state index in [0.29, 0.717) is 18.0 Å². The summed E-state index contributed by atoms with van der Waals surface area (Å²) in [7, 11) is 0. The minimum absolute atomic E-state index is 0.146. The Morgan fingerprint density at radius 2 is 1.80 bits per heavy atom. The van der Waals surface area contributed by atoms with Crippen molar-refractivity contribution in [2.45, 2.75) is 38.1 Å². The van der Waals surface area contributed by atoms with Crippen LogP contribution in [0.3, 0.4) is 0 Å². The normalized spacial score (nSPS) is 17.2. The average molecular weight is 336 g/mol. The number of aryl methyl sites for hydroxylation is 1. The van der Waals surface area contributed by atoms with Gasteiger partial charge < -0.3 is 10.6 Å². The van der Waals surface area contributed by atoms with Crippen molar-refractivity contribution in [3.63, 3.8) is 0 Å². The number of rotatable bonds is 5. The number of benzene rings is 2. The Bertz CT molecular complexity index is 743. The number of amides is 2. The van der Waals surface area contributed by atoms with Crippen LogP contribution in [0, 0.1) is 0 Å². The van der Waals surface area contributed by atoms with Crippen molar-refractivity contribution in [2.75, 3.05) is 6.54 Å². The predicted octanol–water partition coefficient (Wildman–Crippen LogP) is 3.04. The molecule has 2 aromatic carbocycles. The third-order valence-electron chi connectivity index (χ3n) is 4.79. The van der Waals surface area contributed by atoms with E-state index < -0.39 is 6.04 Å². The van der Waals surface area contributed by atoms with E-state index in [-0.39, 0.29) is 11.8 Å². The first-order valence-electron chi connectivity index (χ1n) is 8.86. The molecule has 2 aromatic rings. The molecular formula is C21H24N2O2. The molecule has 2 atom stereocenters. The summed E-state index contributed by atoms with van der Waals surface area (Å²) in [5.41, 5.74) is 3.29. The lowest BCUT2D eigenvalue weighted by atomic mass is 9.83. The first-order chi connectivity index (χ1) is 12.1. The van der Waals surface area contributed by atoms with E-state index in [0.717, 1.165) is 19.3 Å². The van der Waals surface area contributed by atoms with Crippen molar-refractivity contribution in [3.8, 4) is 0 Å². The Labute approximate surface area is 148 Å². The van der Waals surface area contributed by atoms with E-state index in [1.807, 2.05) is 6.07 Å². The minimum atomic E-state index is -0.563. The molecule has 1 aliphatic rings. The third-order valence-corrected chi connectivity index (χ3v) is 4.79. The topological polar surface area (TPSA) is 58.2 Å². The van der Waals surface area contributed by atoms with Crippen LogP contribution in [0.1, 0.15) is 47.2 Å². The molecule has 0 bridgehead atoms. The monoisotopic (exact) mass is 336 g/mol. The molecule has 0 aliphatic heterocycles. The van der Waals surface area contributed by atoms with Gasteiger partial charge in [0.05, 0.1) is 0 Å². The second-order valence-electron chi connectivity index (χ2n) is 6.59. The highest BCUT2D eigenvalue weighted by Gasteiger charge is 2.22. The maximum Gasteiger partial charge on any atom is 0.251 e. The van der Waals surface area contributed by atoms with Crippen molar-refractivity contribution in [1.29, 1.82) is 0 Å². The van der Waals surface area contributed by atoms with E-state index in [1.165, 1.54) is 11.1 Å². The molecule has 0 heterocycles. The predicted molar refractivity (Wildman–Crippen MR) is 98.5 cm³/mol. The van der Waals surface area contributed by atoms with E-state index in [2.05, 4.69) is 34.9 Å². The zero-order valence-electron chi connectivity index (χ0n) is 14.5. The molecule has 2 N–H and O–H groups in total. The number of carbonyl (C=O) groups excluding carboxylic acids is 2. The average Bonchev–Trinajstić information content (AvgIpc) is 2.66. The van der Waals surface area contributed by atoms with Crippen LogP contribution < -0.4 is 10.6 Å². The van der Waals surface area contributed by atoms with Crippen molar-refractivity contribution in [3.05, 3.63) is 71.3 Å². The summed E-state index contributed by atoms with van der Waals surface area (Å²) in [6.07, 6.45) is 3.35. The maximum absolute atomic E-state index is 12.3. The fourth-order valence-corrected chi connectivity index (χ4v) is 3.38. The second kappa shape index (κ2) is 7.97. The van der Waals surface area contributed by atoms with Crippen LogP contribution in [0.5, 0.6) is 0 Å². The summed E-state index contributed by atoms with van der Waals surface area (Å²) in [4.78, 5) is 24.5. The summed E-state index contributed by atoms with van der Waals surface area (Å²) in [5, 5.41) is 5.75. The molecule has 0 radical (unpaired) electrons. The highest BCUT2D eigenvalue weighted by molar-refractivity contribution is 5.97. The van der Waals surface area contributed by atoms with Gasteiger partial charge in [0, 0.05) is 18.0 Å². The van der Waals surface area contributed by atoms with Crippen molar-refractivity contribution in [1.82, 2.24) is 10.6 Å². The van der Waals surface area contributed by atoms with Crippen LogP contribution in [0.25, 0.3) is 0 Å². The van der Waals surface area contributed by atoms with E-state index in [1.54, 1.807) is 31.2 Å². The molecule has 2 amide bonds. The molecule has 0 saturated heterocycles. The van der Waals surface area contributed by atoms with E-state index in [4.69, 9.17) is 0 Å². The molecule has 25 heavy (non-hydrogen) atoms. The minimum Gasteiger partial charge on any atom is -0.354 e. The molecule has 0 spiro atoms. The highest BCUT2D eigenvalue weighted by Crippen LogP contribution is 2.30. The van der Waals surface area contributed by atoms with Gasteiger partial charge in [0.2, 0.25) is 5.91 Å². The van der Waals surface area contributed by atoms with Gasteiger partial charge in [-0.1, -0.05) is 42.5 Å². The number of carbonyl (C=O) groups is 2. The number of nitrogens with one attached hydrogen (secondary N) is 2. The molecule has 0 saturated carbocycles. The zero-order chi connectivity index (χ0) is 17.6. The summed E-state index contributed by atoms with van der Waals surface area (Å²) in [6.45, 7) is 2.33. The van der Waals surface area contributed by atoms with E-state index in [9.17, 15) is 9.59 Å². The third kappa shape index (κ3) is 4.27. The molecule has 3 rings (SSSR count). The molecule has 1 aliphatic carbocycles. The fourth-order valence-electron chi connectivity index (χ4n) is 3.38. The van der Waals surface area contributed by atoms with Crippen LogP contribution in [0.4, 0.5) is 0 Å². The number of hydrogen-bond donors (Lipinski definition) is 2. The van der Waals surface area contributed by atoms with Crippen LogP contribution in [-0.4, -0.2) is 24.4 Å². The molecule has 0 aromatic heterocycles. The van der Waals surface area contributed by atoms with Crippen LogP contribution >= 0.6 is 0 Å². The molecule has 130 valence electrons. The number of fused-ring (bicyclic) bond motifs is 1. The Hall–Kier alpha value is -2.62. The van der Waals surface area contributed by atoms with Crippen LogP contribution in [0.2, 0.25) is 0 Å². The molecule has 0 fully saturated rings. The van der Waals surface area contributed by atoms with Crippen LogP contribution in [-0.2, 0) is 11.2 Å². The lowest BCUT2D eigenvalue weighted by molar-refractivity contribution is -0.122. The van der Waals surface area contributed by atoms with Gasteiger partial charge in [0.15, 0.2) is 0 Å². The largest absolute Gasteiger partial charge is 0.354 e. The van der Waals surface area contributed by atoms with Gasteiger partial charge in [-0.25, -0.2) is 0 Å². The van der Waals surface area contributed by atoms with Crippen LogP contribution in [0.15, 0.2) is 54.6 Å². The first kappa shape index (κ1) is 17.2.